The minimum Gasteiger partial charge on any atom is -0.460 e. The second kappa shape index (κ2) is 5.54. The molecule has 4 nitrogen and oxygen atoms in total. The second-order valence-corrected chi connectivity index (χ2v) is 4.33. The minimum atomic E-state index is -0.854. The predicted molar refractivity (Wildman–Crippen MR) is 69.4 cm³/mol. The van der Waals surface area contributed by atoms with Gasteiger partial charge in [-0.05, 0) is 13.0 Å². The van der Waals surface area contributed by atoms with Crippen molar-refractivity contribution in [3.63, 3.8) is 0 Å². The summed E-state index contributed by atoms with van der Waals surface area (Å²) in [4.78, 5) is 11.6. The van der Waals surface area contributed by atoms with Crippen molar-refractivity contribution in [2.24, 2.45) is 0 Å². The fourth-order valence-corrected chi connectivity index (χ4v) is 2.20. The van der Waals surface area contributed by atoms with Gasteiger partial charge in [-0.15, -0.1) is 0 Å². The van der Waals surface area contributed by atoms with Crippen molar-refractivity contribution in [2.45, 2.75) is 18.4 Å². The van der Waals surface area contributed by atoms with E-state index in [4.69, 9.17) is 9.47 Å². The number of hydrogen-bond acceptors (Lipinski definition) is 4. The first-order valence-corrected chi connectivity index (χ1v) is 6.72. The second-order valence-electron chi connectivity index (χ2n) is 3.77. The largest absolute Gasteiger partial charge is 0.460 e. The van der Waals surface area contributed by atoms with Crippen LogP contribution >= 0.6 is 15.9 Å². The van der Waals surface area contributed by atoms with Gasteiger partial charge in [0.05, 0.1) is 6.61 Å². The first kappa shape index (κ1) is 13.1. The highest BCUT2D eigenvalue weighted by molar-refractivity contribution is 9.08. The molecule has 0 bridgehead atoms. The Morgan fingerprint density at radius 3 is 3.00 bits per heavy atom. The van der Waals surface area contributed by atoms with Crippen LogP contribution in [-0.4, -0.2) is 17.7 Å². The molecule has 0 saturated heterocycles. The van der Waals surface area contributed by atoms with Crippen molar-refractivity contribution >= 4 is 21.9 Å². The summed E-state index contributed by atoms with van der Waals surface area (Å²) in [5.41, 5.74) is 1.53. The number of hydrogen-bond donors (Lipinski definition) is 1. The first-order chi connectivity index (χ1) is 8.67. The highest BCUT2D eigenvalue weighted by Crippen LogP contribution is 2.36. The molecule has 1 aromatic rings. The van der Waals surface area contributed by atoms with Crippen LogP contribution < -0.4 is 4.74 Å². The van der Waals surface area contributed by atoms with E-state index >= 15 is 0 Å². The molecule has 1 N–H and O–H groups in total. The zero-order valence-corrected chi connectivity index (χ0v) is 11.4. The number of alkyl halides is 1. The number of aliphatic hydroxyl groups is 1. The molecule has 1 atom stereocenters. The maximum atomic E-state index is 11.6. The molecule has 1 aliphatic heterocycles. The Morgan fingerprint density at radius 1 is 1.56 bits per heavy atom. The smallest absolute Gasteiger partial charge is 0.374 e. The molecule has 0 saturated carbocycles. The van der Waals surface area contributed by atoms with Gasteiger partial charge in [-0.25, -0.2) is 4.79 Å². The van der Waals surface area contributed by atoms with E-state index in [9.17, 15) is 9.90 Å². The maximum absolute atomic E-state index is 11.6. The molecule has 1 aromatic carbocycles. The van der Waals surface area contributed by atoms with Crippen molar-refractivity contribution in [3.05, 3.63) is 41.2 Å². The number of ether oxygens (including phenoxy) is 2. The average Bonchev–Trinajstić information content (AvgIpc) is 2.38. The molecular formula is C13H13BrO4. The number of esters is 1. The third-order valence-electron chi connectivity index (χ3n) is 2.59. The standard InChI is InChI=1S/C13H13BrO4/c1-2-17-13(16)11-6-10(15)9-5-3-4-8(7-14)12(9)18-11/h3-6,10,15H,2,7H2,1H3. The van der Waals surface area contributed by atoms with E-state index in [1.54, 1.807) is 13.0 Å². The molecule has 2 rings (SSSR count). The highest BCUT2D eigenvalue weighted by Gasteiger charge is 2.26. The fraction of sp³-hybridized carbons (Fsp3) is 0.308. The van der Waals surface area contributed by atoms with Crippen LogP contribution in [0.2, 0.25) is 0 Å². The van der Waals surface area contributed by atoms with Crippen LogP contribution in [0.4, 0.5) is 0 Å². The summed E-state index contributed by atoms with van der Waals surface area (Å²) in [5, 5.41) is 10.6. The Kier molecular flexibility index (Phi) is 4.04. The zero-order valence-electron chi connectivity index (χ0n) is 9.85. The summed E-state index contributed by atoms with van der Waals surface area (Å²) in [6, 6.07) is 5.48. The average molecular weight is 313 g/mol. The molecule has 0 fully saturated rings. The number of fused-ring (bicyclic) bond motifs is 1. The van der Waals surface area contributed by atoms with Crippen molar-refractivity contribution < 1.29 is 19.4 Å². The van der Waals surface area contributed by atoms with E-state index in [1.807, 2.05) is 12.1 Å². The van der Waals surface area contributed by atoms with E-state index < -0.39 is 12.1 Å². The SMILES string of the molecule is CCOC(=O)C1=CC(O)c2cccc(CBr)c2O1. The summed E-state index contributed by atoms with van der Waals surface area (Å²) in [6.45, 7) is 1.98. The van der Waals surface area contributed by atoms with Gasteiger partial charge in [0.2, 0.25) is 5.76 Å². The molecule has 0 aromatic heterocycles. The molecule has 0 aliphatic carbocycles. The van der Waals surface area contributed by atoms with Crippen molar-refractivity contribution in [2.75, 3.05) is 6.61 Å². The number of aliphatic hydroxyl groups excluding tert-OH is 1. The normalized spacial score (nSPS) is 17.5. The topological polar surface area (TPSA) is 55.8 Å². The number of carbonyl (C=O) groups is 1. The van der Waals surface area contributed by atoms with Crippen LogP contribution in [0.15, 0.2) is 30.0 Å². The predicted octanol–water partition coefficient (Wildman–Crippen LogP) is 2.45. The Labute approximate surface area is 113 Å². The van der Waals surface area contributed by atoms with Gasteiger partial charge < -0.3 is 14.6 Å². The van der Waals surface area contributed by atoms with Crippen molar-refractivity contribution in [1.82, 2.24) is 0 Å². The molecule has 0 amide bonds. The highest BCUT2D eigenvalue weighted by atomic mass is 79.9. The van der Waals surface area contributed by atoms with Crippen LogP contribution in [0, 0.1) is 0 Å². The molecular weight excluding hydrogens is 300 g/mol. The van der Waals surface area contributed by atoms with E-state index in [0.717, 1.165) is 5.56 Å². The van der Waals surface area contributed by atoms with E-state index in [1.165, 1.54) is 6.08 Å². The van der Waals surface area contributed by atoms with Gasteiger partial charge in [0.15, 0.2) is 0 Å². The lowest BCUT2D eigenvalue weighted by molar-refractivity contribution is -0.141. The fourth-order valence-electron chi connectivity index (χ4n) is 1.76. The van der Waals surface area contributed by atoms with Crippen LogP contribution in [-0.2, 0) is 14.9 Å². The number of benzene rings is 1. The van der Waals surface area contributed by atoms with Crippen LogP contribution in [0.25, 0.3) is 0 Å². The van der Waals surface area contributed by atoms with Crippen molar-refractivity contribution in [3.8, 4) is 5.75 Å². The molecule has 1 heterocycles. The number of rotatable bonds is 3. The minimum absolute atomic E-state index is 0.0326. The van der Waals surface area contributed by atoms with E-state index in [-0.39, 0.29) is 12.4 Å². The van der Waals surface area contributed by atoms with Gasteiger partial charge in [-0.1, -0.05) is 34.1 Å². The van der Waals surface area contributed by atoms with Gasteiger partial charge in [0.1, 0.15) is 11.9 Å². The van der Waals surface area contributed by atoms with Gasteiger partial charge in [-0.3, -0.25) is 0 Å². The lowest BCUT2D eigenvalue weighted by atomic mass is 10.0. The summed E-state index contributed by atoms with van der Waals surface area (Å²) in [7, 11) is 0. The van der Waals surface area contributed by atoms with Gasteiger partial charge in [0.25, 0.3) is 0 Å². The maximum Gasteiger partial charge on any atom is 0.374 e. The Bertz CT molecular complexity index is 496. The van der Waals surface area contributed by atoms with E-state index in [2.05, 4.69) is 15.9 Å². The molecule has 0 radical (unpaired) electrons. The number of carbonyl (C=O) groups excluding carboxylic acids is 1. The quantitative estimate of drug-likeness (QED) is 0.688. The van der Waals surface area contributed by atoms with Gasteiger partial charge in [0, 0.05) is 16.5 Å². The molecule has 18 heavy (non-hydrogen) atoms. The van der Waals surface area contributed by atoms with E-state index in [0.29, 0.717) is 16.6 Å². The molecule has 1 unspecified atom stereocenters. The summed E-state index contributed by atoms with van der Waals surface area (Å²) < 4.78 is 10.4. The Hall–Kier alpha value is -1.33. The number of halogens is 1. The van der Waals surface area contributed by atoms with Crippen LogP contribution in [0.1, 0.15) is 24.2 Å². The third kappa shape index (κ3) is 2.42. The monoisotopic (exact) mass is 312 g/mol. The lowest BCUT2D eigenvalue weighted by Crippen LogP contribution is -2.19. The Morgan fingerprint density at radius 2 is 2.33 bits per heavy atom. The molecule has 5 heteroatoms. The summed E-state index contributed by atoms with van der Waals surface area (Å²) >= 11 is 3.35. The van der Waals surface area contributed by atoms with Gasteiger partial charge >= 0.3 is 5.97 Å². The molecule has 96 valence electrons. The zero-order chi connectivity index (χ0) is 13.1. The lowest BCUT2D eigenvalue weighted by Gasteiger charge is -2.22. The van der Waals surface area contributed by atoms with Crippen LogP contribution in [0.3, 0.4) is 0 Å². The third-order valence-corrected chi connectivity index (χ3v) is 3.19. The van der Waals surface area contributed by atoms with Crippen molar-refractivity contribution in [1.29, 1.82) is 0 Å². The summed E-state index contributed by atoms with van der Waals surface area (Å²) in [6.07, 6.45) is 0.505. The molecule has 0 spiro atoms. The Balaban J connectivity index is 2.35. The molecule has 1 aliphatic rings. The number of para-hydroxylation sites is 1. The first-order valence-electron chi connectivity index (χ1n) is 5.60. The van der Waals surface area contributed by atoms with Crippen LogP contribution in [0.5, 0.6) is 5.75 Å². The van der Waals surface area contributed by atoms with Gasteiger partial charge in [-0.2, -0.15) is 0 Å². The summed E-state index contributed by atoms with van der Waals surface area (Å²) in [5.74, 6) is -0.00995.